The van der Waals surface area contributed by atoms with Crippen LogP contribution in [0.25, 0.3) is 11.1 Å². The molecule has 2 aliphatic carbocycles. The van der Waals surface area contributed by atoms with E-state index < -0.39 is 15.8 Å². The molecule has 2 bridgehead atoms. The van der Waals surface area contributed by atoms with Gasteiger partial charge in [-0.2, -0.15) is 0 Å². The zero-order valence-corrected chi connectivity index (χ0v) is 15.4. The monoisotopic (exact) mass is 364 g/mol. The number of aromatic nitrogens is 1. The number of oxazole rings is 1. The molecule has 4 rings (SSSR count). The van der Waals surface area contributed by atoms with Gasteiger partial charge in [-0.15, -0.1) is 0 Å². The van der Waals surface area contributed by atoms with Crippen molar-refractivity contribution < 1.29 is 12.8 Å². The predicted octanol–water partition coefficient (Wildman–Crippen LogP) is 2.89. The number of hydrogen-bond acceptors (Lipinski definition) is 4. The molecule has 136 valence electrons. The second-order valence-electron chi connectivity index (χ2n) is 7.75. The molecule has 0 aliphatic heterocycles. The summed E-state index contributed by atoms with van der Waals surface area (Å²) in [5, 5.41) is 0. The molecule has 1 heterocycles. The molecule has 2 aromatic rings. The molecular formula is C18H24N2O4S. The fourth-order valence-electron chi connectivity index (χ4n) is 4.60. The number of nitrogens with zero attached hydrogens (tertiary/aromatic N) is 1. The minimum atomic E-state index is -3.60. The zero-order chi connectivity index (χ0) is 17.8. The Labute approximate surface area is 147 Å². The second-order valence-corrected chi connectivity index (χ2v) is 9.52. The van der Waals surface area contributed by atoms with Gasteiger partial charge in [0.2, 0.25) is 10.0 Å². The summed E-state index contributed by atoms with van der Waals surface area (Å²) in [6, 6.07) is 4.58. The van der Waals surface area contributed by atoms with Crippen LogP contribution in [0.4, 0.5) is 0 Å². The van der Waals surface area contributed by atoms with Crippen molar-refractivity contribution in [2.45, 2.75) is 50.5 Å². The third-order valence-corrected chi connectivity index (χ3v) is 7.25. The Morgan fingerprint density at radius 2 is 2.08 bits per heavy atom. The third kappa shape index (κ3) is 2.93. The van der Waals surface area contributed by atoms with Crippen molar-refractivity contribution in [1.29, 1.82) is 0 Å². The van der Waals surface area contributed by atoms with Crippen molar-refractivity contribution in [2.75, 3.05) is 6.54 Å². The number of benzene rings is 1. The van der Waals surface area contributed by atoms with E-state index in [4.69, 9.17) is 4.42 Å². The molecule has 3 atom stereocenters. The highest BCUT2D eigenvalue weighted by molar-refractivity contribution is 7.89. The molecule has 3 unspecified atom stereocenters. The van der Waals surface area contributed by atoms with Crippen LogP contribution in [0.15, 0.2) is 32.3 Å². The van der Waals surface area contributed by atoms with E-state index in [2.05, 4.69) is 4.72 Å². The van der Waals surface area contributed by atoms with Crippen molar-refractivity contribution in [2.24, 2.45) is 17.8 Å². The highest BCUT2D eigenvalue weighted by Gasteiger charge is 2.39. The van der Waals surface area contributed by atoms with Crippen molar-refractivity contribution in [1.82, 2.24) is 9.29 Å². The quantitative estimate of drug-likeness (QED) is 0.884. The van der Waals surface area contributed by atoms with Crippen molar-refractivity contribution >= 4 is 21.1 Å². The van der Waals surface area contributed by atoms with E-state index in [9.17, 15) is 13.2 Å². The number of hydrogen-bond donors (Lipinski definition) is 1. The van der Waals surface area contributed by atoms with Crippen LogP contribution in [0.1, 0.15) is 45.6 Å². The van der Waals surface area contributed by atoms with Crippen LogP contribution in [0.5, 0.6) is 0 Å². The molecule has 7 heteroatoms. The lowest BCUT2D eigenvalue weighted by molar-refractivity contribution is 0.333. The predicted molar refractivity (Wildman–Crippen MR) is 95.0 cm³/mol. The molecule has 25 heavy (non-hydrogen) atoms. The van der Waals surface area contributed by atoms with Gasteiger partial charge in [-0.1, -0.05) is 6.42 Å². The lowest BCUT2D eigenvalue weighted by atomic mass is 9.89. The van der Waals surface area contributed by atoms with Crippen LogP contribution in [-0.4, -0.2) is 19.5 Å². The van der Waals surface area contributed by atoms with Gasteiger partial charge >= 0.3 is 5.76 Å². The average molecular weight is 364 g/mol. The maximum atomic E-state index is 12.6. The Bertz CT molecular complexity index is 957. The fraction of sp³-hybridized carbons (Fsp3) is 0.611. The average Bonchev–Trinajstić information content (AvgIpc) is 3.24. The minimum Gasteiger partial charge on any atom is -0.408 e. The van der Waals surface area contributed by atoms with Crippen LogP contribution in [-0.2, 0) is 10.0 Å². The highest BCUT2D eigenvalue weighted by Crippen LogP contribution is 2.48. The summed E-state index contributed by atoms with van der Waals surface area (Å²) < 4.78 is 34.8. The lowest BCUT2D eigenvalue weighted by Crippen LogP contribution is -2.31. The van der Waals surface area contributed by atoms with E-state index in [1.807, 2.05) is 13.8 Å². The van der Waals surface area contributed by atoms with Crippen molar-refractivity contribution in [3.8, 4) is 0 Å². The first-order valence-corrected chi connectivity index (χ1v) is 10.5. The normalized spacial score (nSPS) is 26.1. The van der Waals surface area contributed by atoms with Crippen LogP contribution in [0.2, 0.25) is 0 Å². The van der Waals surface area contributed by atoms with Gasteiger partial charge in [-0.3, -0.25) is 4.57 Å². The van der Waals surface area contributed by atoms with E-state index in [1.165, 1.54) is 29.9 Å². The zero-order valence-electron chi connectivity index (χ0n) is 14.6. The molecule has 0 spiro atoms. The molecule has 2 saturated carbocycles. The van der Waals surface area contributed by atoms with E-state index in [0.29, 0.717) is 29.5 Å². The number of fused-ring (bicyclic) bond motifs is 3. The maximum absolute atomic E-state index is 12.6. The van der Waals surface area contributed by atoms with Crippen molar-refractivity contribution in [3.63, 3.8) is 0 Å². The van der Waals surface area contributed by atoms with Crippen LogP contribution in [0.3, 0.4) is 0 Å². The minimum absolute atomic E-state index is 0.0490. The molecule has 0 saturated heterocycles. The Balaban J connectivity index is 1.56. The molecule has 1 aromatic heterocycles. The van der Waals surface area contributed by atoms with Crippen LogP contribution < -0.4 is 10.5 Å². The van der Waals surface area contributed by atoms with E-state index in [0.717, 1.165) is 12.3 Å². The molecule has 6 nitrogen and oxygen atoms in total. The third-order valence-electron chi connectivity index (χ3n) is 5.83. The van der Waals surface area contributed by atoms with E-state index in [1.54, 1.807) is 12.1 Å². The van der Waals surface area contributed by atoms with Gasteiger partial charge in [0.05, 0.1) is 10.4 Å². The Morgan fingerprint density at radius 3 is 2.72 bits per heavy atom. The SMILES string of the molecule is CC(C)n1c(=O)oc2cc(S(=O)(=O)NCC3CC4CCC3C4)ccc21. The summed E-state index contributed by atoms with van der Waals surface area (Å²) in [7, 11) is -3.60. The molecule has 2 aliphatic rings. The fourth-order valence-corrected chi connectivity index (χ4v) is 5.71. The summed E-state index contributed by atoms with van der Waals surface area (Å²) in [5.41, 5.74) is 0.925. The van der Waals surface area contributed by atoms with Gasteiger partial charge in [-0.25, -0.2) is 17.9 Å². The summed E-state index contributed by atoms with van der Waals surface area (Å²) >= 11 is 0. The van der Waals surface area contributed by atoms with Gasteiger partial charge < -0.3 is 4.42 Å². The Hall–Kier alpha value is -1.60. The molecule has 0 radical (unpaired) electrons. The molecule has 2 fully saturated rings. The smallest absolute Gasteiger partial charge is 0.408 e. The first-order chi connectivity index (χ1) is 11.8. The largest absolute Gasteiger partial charge is 0.420 e. The van der Waals surface area contributed by atoms with Crippen molar-refractivity contribution in [3.05, 3.63) is 28.7 Å². The second kappa shape index (κ2) is 5.99. The first-order valence-electron chi connectivity index (χ1n) is 9.00. The molecule has 0 amide bonds. The maximum Gasteiger partial charge on any atom is 0.420 e. The lowest BCUT2D eigenvalue weighted by Gasteiger charge is -2.21. The van der Waals surface area contributed by atoms with Crippen LogP contribution >= 0.6 is 0 Å². The van der Waals surface area contributed by atoms with Gasteiger partial charge in [0, 0.05) is 18.7 Å². The number of nitrogens with one attached hydrogen (secondary N) is 1. The topological polar surface area (TPSA) is 81.3 Å². The highest BCUT2D eigenvalue weighted by atomic mass is 32.2. The summed E-state index contributed by atoms with van der Waals surface area (Å²) in [5.74, 6) is 1.46. The van der Waals surface area contributed by atoms with Gasteiger partial charge in [0.25, 0.3) is 0 Å². The molecule has 1 N–H and O–H groups in total. The van der Waals surface area contributed by atoms with Gasteiger partial charge in [-0.05, 0) is 63.0 Å². The number of sulfonamides is 1. The first kappa shape index (κ1) is 16.8. The summed E-state index contributed by atoms with van der Waals surface area (Å²) in [6.07, 6.45) is 4.93. The van der Waals surface area contributed by atoms with Gasteiger partial charge in [0.15, 0.2) is 5.58 Å². The molecular weight excluding hydrogens is 340 g/mol. The molecule has 1 aromatic carbocycles. The number of rotatable bonds is 5. The van der Waals surface area contributed by atoms with Gasteiger partial charge in [0.1, 0.15) is 0 Å². The summed E-state index contributed by atoms with van der Waals surface area (Å²) in [4.78, 5) is 12.1. The van der Waals surface area contributed by atoms with Crippen LogP contribution in [0, 0.1) is 17.8 Å². The standard InChI is InChI=1S/C18H24N2O4S/c1-11(2)20-16-6-5-15(9-17(16)24-18(20)21)25(22,23)19-10-14-8-12-3-4-13(14)7-12/h5-6,9,11-14,19H,3-4,7-8,10H2,1-2H3. The summed E-state index contributed by atoms with van der Waals surface area (Å²) in [6.45, 7) is 4.27. The van der Waals surface area contributed by atoms with E-state index in [-0.39, 0.29) is 10.9 Å². The van der Waals surface area contributed by atoms with E-state index >= 15 is 0 Å². The Kier molecular flexibility index (Phi) is 4.03. The Morgan fingerprint density at radius 1 is 1.28 bits per heavy atom.